The fraction of sp³-hybridized carbons (Fsp3) is 0.682. The Kier molecular flexibility index (Phi) is 5.97. The molecule has 5 rings (SSSR count). The number of nitrogens with one attached hydrogen (secondary N) is 2. The SMILES string of the molecule is O[C@H]1CC[C@H](c2cnc(OC3CCNCC3)c3cnc(N[C@H]4CCOC4)nc32)CC1. The zero-order valence-corrected chi connectivity index (χ0v) is 17.3. The van der Waals surface area contributed by atoms with E-state index < -0.39 is 0 Å². The first kappa shape index (κ1) is 19.9. The first-order valence-corrected chi connectivity index (χ1v) is 11.3. The Morgan fingerprint density at radius 3 is 2.63 bits per heavy atom. The van der Waals surface area contributed by atoms with Gasteiger partial charge in [0.25, 0.3) is 0 Å². The van der Waals surface area contributed by atoms with Crippen molar-refractivity contribution >= 4 is 16.9 Å². The number of rotatable bonds is 5. The summed E-state index contributed by atoms with van der Waals surface area (Å²) in [5, 5.41) is 17.6. The lowest BCUT2D eigenvalue weighted by Crippen LogP contribution is -2.34. The van der Waals surface area contributed by atoms with E-state index in [0.29, 0.717) is 24.4 Å². The molecule has 3 N–H and O–H groups in total. The monoisotopic (exact) mass is 413 g/mol. The Balaban J connectivity index is 1.47. The van der Waals surface area contributed by atoms with E-state index in [1.807, 2.05) is 12.4 Å². The van der Waals surface area contributed by atoms with E-state index in [4.69, 9.17) is 19.4 Å². The highest BCUT2D eigenvalue weighted by molar-refractivity contribution is 5.86. The zero-order chi connectivity index (χ0) is 20.3. The first-order chi connectivity index (χ1) is 14.8. The van der Waals surface area contributed by atoms with Gasteiger partial charge in [-0.3, -0.25) is 0 Å². The maximum atomic E-state index is 9.93. The minimum atomic E-state index is -0.183. The molecule has 1 saturated carbocycles. The molecule has 30 heavy (non-hydrogen) atoms. The van der Waals surface area contributed by atoms with Crippen LogP contribution in [0, 0.1) is 0 Å². The van der Waals surface area contributed by atoms with Gasteiger partial charge < -0.3 is 25.2 Å². The van der Waals surface area contributed by atoms with Crippen LogP contribution in [0.15, 0.2) is 12.4 Å². The highest BCUT2D eigenvalue weighted by atomic mass is 16.5. The van der Waals surface area contributed by atoms with E-state index in [1.165, 1.54) is 0 Å². The van der Waals surface area contributed by atoms with Gasteiger partial charge in [0.05, 0.1) is 29.7 Å². The zero-order valence-electron chi connectivity index (χ0n) is 17.3. The second kappa shape index (κ2) is 8.99. The van der Waals surface area contributed by atoms with Crippen molar-refractivity contribution in [3.63, 3.8) is 0 Å². The van der Waals surface area contributed by atoms with Crippen molar-refractivity contribution < 1.29 is 14.6 Å². The van der Waals surface area contributed by atoms with Crippen LogP contribution < -0.4 is 15.4 Å². The molecule has 8 heteroatoms. The summed E-state index contributed by atoms with van der Waals surface area (Å²) in [5.74, 6) is 1.62. The summed E-state index contributed by atoms with van der Waals surface area (Å²) in [5.41, 5.74) is 2.06. The van der Waals surface area contributed by atoms with Gasteiger partial charge in [0.15, 0.2) is 0 Å². The number of nitrogens with zero attached hydrogens (tertiary/aromatic N) is 3. The highest BCUT2D eigenvalue weighted by Gasteiger charge is 2.26. The number of piperidine rings is 1. The Morgan fingerprint density at radius 1 is 1.03 bits per heavy atom. The molecule has 0 aromatic carbocycles. The molecule has 8 nitrogen and oxygen atoms in total. The molecule has 1 atom stereocenters. The van der Waals surface area contributed by atoms with Crippen molar-refractivity contribution in [2.24, 2.45) is 0 Å². The van der Waals surface area contributed by atoms with Gasteiger partial charge in [-0.2, -0.15) is 0 Å². The number of pyridine rings is 1. The molecule has 0 amide bonds. The quantitative estimate of drug-likeness (QED) is 0.687. The van der Waals surface area contributed by atoms with E-state index in [2.05, 4.69) is 15.6 Å². The maximum Gasteiger partial charge on any atom is 0.224 e. The van der Waals surface area contributed by atoms with Crippen molar-refractivity contribution in [2.45, 2.75) is 69.1 Å². The van der Waals surface area contributed by atoms with Gasteiger partial charge in [0.1, 0.15) is 6.10 Å². The smallest absolute Gasteiger partial charge is 0.224 e. The molecule has 0 bridgehead atoms. The van der Waals surface area contributed by atoms with Gasteiger partial charge in [0.2, 0.25) is 11.8 Å². The summed E-state index contributed by atoms with van der Waals surface area (Å²) in [6, 6.07) is 0.253. The fourth-order valence-corrected chi connectivity index (χ4v) is 4.77. The molecule has 2 saturated heterocycles. The normalized spacial score (nSPS) is 28.0. The van der Waals surface area contributed by atoms with Gasteiger partial charge in [-0.1, -0.05) is 0 Å². The van der Waals surface area contributed by atoms with Crippen molar-refractivity contribution in [1.82, 2.24) is 20.3 Å². The van der Waals surface area contributed by atoms with Gasteiger partial charge in [-0.25, -0.2) is 15.0 Å². The lowest BCUT2D eigenvalue weighted by molar-refractivity contribution is 0.122. The van der Waals surface area contributed by atoms with E-state index in [9.17, 15) is 5.11 Å². The molecule has 0 unspecified atom stereocenters. The molecule has 4 heterocycles. The lowest BCUT2D eigenvalue weighted by atomic mass is 9.83. The molecular formula is C22H31N5O3. The van der Waals surface area contributed by atoms with Crippen LogP contribution in [0.25, 0.3) is 10.9 Å². The topological polar surface area (TPSA) is 101 Å². The Labute approximate surface area is 176 Å². The van der Waals surface area contributed by atoms with Crippen LogP contribution in [0.5, 0.6) is 5.88 Å². The summed E-state index contributed by atoms with van der Waals surface area (Å²) in [6.07, 6.45) is 10.3. The van der Waals surface area contributed by atoms with Gasteiger partial charge in [-0.05, 0) is 64.0 Å². The molecule has 3 fully saturated rings. The second-order valence-corrected chi connectivity index (χ2v) is 8.75. The Morgan fingerprint density at radius 2 is 1.87 bits per heavy atom. The molecule has 2 aromatic rings. The fourth-order valence-electron chi connectivity index (χ4n) is 4.77. The van der Waals surface area contributed by atoms with Gasteiger partial charge in [0, 0.05) is 24.6 Å². The minimum absolute atomic E-state index is 0.172. The number of aliphatic hydroxyl groups excluding tert-OH is 1. The van der Waals surface area contributed by atoms with Crippen molar-refractivity contribution in [1.29, 1.82) is 0 Å². The van der Waals surface area contributed by atoms with Crippen molar-refractivity contribution in [3.05, 3.63) is 18.0 Å². The van der Waals surface area contributed by atoms with Gasteiger partial charge in [-0.15, -0.1) is 0 Å². The van der Waals surface area contributed by atoms with E-state index >= 15 is 0 Å². The molecule has 162 valence electrons. The first-order valence-electron chi connectivity index (χ1n) is 11.3. The van der Waals surface area contributed by atoms with Crippen LogP contribution in [0.4, 0.5) is 5.95 Å². The Hall–Kier alpha value is -2.03. The minimum Gasteiger partial charge on any atom is -0.474 e. The van der Waals surface area contributed by atoms with Crippen LogP contribution in [0.1, 0.15) is 56.4 Å². The standard InChI is InChI=1S/C22H31N5O3/c28-16-3-1-14(2-4-16)18-11-24-21(30-17-5-8-23-9-6-17)19-12-25-22(27-20(18)19)26-15-7-10-29-13-15/h11-12,14-17,23,28H,1-10,13H2,(H,25,26,27)/t14-,15-,16-/m0/s1. The van der Waals surface area contributed by atoms with Crippen LogP contribution in [-0.4, -0.2) is 64.6 Å². The average Bonchev–Trinajstić information content (AvgIpc) is 3.28. The number of anilines is 1. The van der Waals surface area contributed by atoms with E-state index in [-0.39, 0.29) is 18.2 Å². The predicted molar refractivity (Wildman–Crippen MR) is 114 cm³/mol. The summed E-state index contributed by atoms with van der Waals surface area (Å²) in [4.78, 5) is 14.2. The predicted octanol–water partition coefficient (Wildman–Crippen LogP) is 2.37. The third-order valence-electron chi connectivity index (χ3n) is 6.58. The molecule has 0 spiro atoms. The van der Waals surface area contributed by atoms with Crippen LogP contribution in [0.2, 0.25) is 0 Å². The summed E-state index contributed by atoms with van der Waals surface area (Å²) in [7, 11) is 0. The largest absolute Gasteiger partial charge is 0.474 e. The summed E-state index contributed by atoms with van der Waals surface area (Å²) >= 11 is 0. The van der Waals surface area contributed by atoms with Crippen LogP contribution in [-0.2, 0) is 4.74 Å². The van der Waals surface area contributed by atoms with E-state index in [1.54, 1.807) is 0 Å². The molecular weight excluding hydrogens is 382 g/mol. The van der Waals surface area contributed by atoms with Crippen LogP contribution in [0.3, 0.4) is 0 Å². The third kappa shape index (κ3) is 4.36. The number of hydrogen-bond donors (Lipinski definition) is 3. The maximum absolute atomic E-state index is 9.93. The summed E-state index contributed by atoms with van der Waals surface area (Å²) < 4.78 is 11.8. The highest BCUT2D eigenvalue weighted by Crippen LogP contribution is 2.38. The average molecular weight is 414 g/mol. The van der Waals surface area contributed by atoms with E-state index in [0.717, 1.165) is 81.1 Å². The molecule has 2 aromatic heterocycles. The number of aromatic nitrogens is 3. The number of fused-ring (bicyclic) bond motifs is 1. The number of hydrogen-bond acceptors (Lipinski definition) is 8. The molecule has 1 aliphatic carbocycles. The lowest BCUT2D eigenvalue weighted by Gasteiger charge is -2.27. The third-order valence-corrected chi connectivity index (χ3v) is 6.58. The van der Waals surface area contributed by atoms with Crippen molar-refractivity contribution in [3.8, 4) is 5.88 Å². The van der Waals surface area contributed by atoms with Crippen molar-refractivity contribution in [2.75, 3.05) is 31.6 Å². The molecule has 2 aliphatic heterocycles. The summed E-state index contributed by atoms with van der Waals surface area (Å²) in [6.45, 7) is 3.41. The molecule has 3 aliphatic rings. The van der Waals surface area contributed by atoms with Crippen LogP contribution >= 0.6 is 0 Å². The number of ether oxygens (including phenoxy) is 2. The second-order valence-electron chi connectivity index (χ2n) is 8.75. The number of aliphatic hydroxyl groups is 1. The Bertz CT molecular complexity index is 859. The molecule has 0 radical (unpaired) electrons. The van der Waals surface area contributed by atoms with Gasteiger partial charge >= 0.3 is 0 Å².